The predicted molar refractivity (Wildman–Crippen MR) is 128 cm³/mol. The number of ether oxygens (including phenoxy) is 3. The highest BCUT2D eigenvalue weighted by Gasteiger charge is 2.25. The Hall–Kier alpha value is -3.53. The monoisotopic (exact) mass is 484 g/mol. The van der Waals surface area contributed by atoms with Crippen molar-refractivity contribution in [2.45, 2.75) is 40.7 Å². The Kier molecular flexibility index (Phi) is 8.17. The number of methoxy groups -OCH3 is 1. The second kappa shape index (κ2) is 11.1. The topological polar surface area (TPSA) is 113 Å². The summed E-state index contributed by atoms with van der Waals surface area (Å²) in [7, 11) is 1.40. The molecule has 0 fully saturated rings. The van der Waals surface area contributed by atoms with Crippen LogP contribution < -0.4 is 14.8 Å². The Bertz CT molecular complexity index is 1160. The number of hydrogen-bond donors (Lipinski definition) is 1. The molecule has 0 unspecified atom stereocenters. The SMILES string of the molecule is COc1ccnc(C(=O)N[C@@H](C)c2nnc(-c3cc(C)cc(C)c3)s2)c1OC(=O)OCC(C)C. The molecule has 180 valence electrons. The van der Waals surface area contributed by atoms with Crippen molar-refractivity contribution in [2.75, 3.05) is 13.7 Å². The van der Waals surface area contributed by atoms with Crippen LogP contribution in [0.1, 0.15) is 53.4 Å². The standard InChI is InChI=1S/C24H28N4O5S/c1-13(2)12-32-24(30)33-20-18(31-6)7-8-25-19(20)21(29)26-16(5)22-27-28-23(34-22)17-10-14(3)9-15(4)11-17/h7-11,13,16H,12H2,1-6H3,(H,26,29)/t16-/m0/s1. The summed E-state index contributed by atoms with van der Waals surface area (Å²) in [5, 5.41) is 12.8. The summed E-state index contributed by atoms with van der Waals surface area (Å²) in [5.41, 5.74) is 3.14. The van der Waals surface area contributed by atoms with Crippen molar-refractivity contribution >= 4 is 23.4 Å². The molecule has 1 aromatic carbocycles. The van der Waals surface area contributed by atoms with E-state index in [1.54, 1.807) is 6.92 Å². The van der Waals surface area contributed by atoms with Crippen molar-refractivity contribution in [2.24, 2.45) is 5.92 Å². The third kappa shape index (κ3) is 6.28. The molecule has 2 heterocycles. The average molecular weight is 485 g/mol. The van der Waals surface area contributed by atoms with Crippen LogP contribution in [0.2, 0.25) is 0 Å². The highest BCUT2D eigenvalue weighted by atomic mass is 32.1. The number of pyridine rings is 1. The van der Waals surface area contributed by atoms with Crippen LogP contribution in [-0.2, 0) is 4.74 Å². The number of benzene rings is 1. The lowest BCUT2D eigenvalue weighted by molar-refractivity contribution is 0.0852. The summed E-state index contributed by atoms with van der Waals surface area (Å²) >= 11 is 1.39. The Morgan fingerprint density at radius 2 is 1.79 bits per heavy atom. The van der Waals surface area contributed by atoms with E-state index in [1.165, 1.54) is 30.7 Å². The van der Waals surface area contributed by atoms with Gasteiger partial charge in [-0.1, -0.05) is 42.4 Å². The quantitative estimate of drug-likeness (QED) is 0.450. The minimum atomic E-state index is -0.940. The molecule has 9 nitrogen and oxygen atoms in total. The van der Waals surface area contributed by atoms with Gasteiger partial charge >= 0.3 is 6.16 Å². The van der Waals surface area contributed by atoms with Crippen LogP contribution >= 0.6 is 11.3 Å². The van der Waals surface area contributed by atoms with Crippen LogP contribution in [0.3, 0.4) is 0 Å². The molecule has 3 rings (SSSR count). The molecule has 2 aromatic heterocycles. The van der Waals surface area contributed by atoms with E-state index in [1.807, 2.05) is 39.8 Å². The predicted octanol–water partition coefficient (Wildman–Crippen LogP) is 4.89. The lowest BCUT2D eigenvalue weighted by Gasteiger charge is -2.15. The van der Waals surface area contributed by atoms with Gasteiger partial charge in [-0.2, -0.15) is 0 Å². The van der Waals surface area contributed by atoms with Crippen LogP contribution in [-0.4, -0.2) is 41.0 Å². The maximum Gasteiger partial charge on any atom is 0.514 e. The first-order valence-electron chi connectivity index (χ1n) is 10.8. The van der Waals surface area contributed by atoms with E-state index in [0.29, 0.717) is 5.01 Å². The fourth-order valence-electron chi connectivity index (χ4n) is 3.15. The number of aryl methyl sites for hydroxylation is 2. The summed E-state index contributed by atoms with van der Waals surface area (Å²) in [5.74, 6) is -0.354. The Morgan fingerprint density at radius 1 is 1.09 bits per heavy atom. The van der Waals surface area contributed by atoms with Gasteiger partial charge in [0.05, 0.1) is 19.8 Å². The zero-order valence-electron chi connectivity index (χ0n) is 20.0. The number of nitrogens with one attached hydrogen (secondary N) is 1. The third-order valence-corrected chi connectivity index (χ3v) is 5.81. The van der Waals surface area contributed by atoms with E-state index in [2.05, 4.69) is 26.6 Å². The van der Waals surface area contributed by atoms with Gasteiger partial charge in [0, 0.05) is 17.8 Å². The summed E-state index contributed by atoms with van der Waals surface area (Å²) in [6.45, 7) is 9.83. The molecular weight excluding hydrogens is 456 g/mol. The van der Waals surface area contributed by atoms with Crippen LogP contribution in [0.15, 0.2) is 30.5 Å². The highest BCUT2D eigenvalue weighted by Crippen LogP contribution is 2.31. The average Bonchev–Trinajstić information content (AvgIpc) is 3.27. The zero-order chi connectivity index (χ0) is 24.8. The minimum Gasteiger partial charge on any atom is -0.493 e. The van der Waals surface area contributed by atoms with Crippen LogP contribution in [0, 0.1) is 19.8 Å². The lowest BCUT2D eigenvalue weighted by atomic mass is 10.1. The van der Waals surface area contributed by atoms with Crippen LogP contribution in [0.4, 0.5) is 4.79 Å². The van der Waals surface area contributed by atoms with Gasteiger partial charge in [-0.25, -0.2) is 9.78 Å². The summed E-state index contributed by atoms with van der Waals surface area (Å²) < 4.78 is 15.6. The molecule has 0 spiro atoms. The first-order chi connectivity index (χ1) is 16.2. The molecule has 0 aliphatic carbocycles. The number of rotatable bonds is 8. The van der Waals surface area contributed by atoms with Gasteiger partial charge in [0.1, 0.15) is 10.0 Å². The van der Waals surface area contributed by atoms with Gasteiger partial charge in [-0.05, 0) is 38.8 Å². The van der Waals surface area contributed by atoms with E-state index in [9.17, 15) is 9.59 Å². The van der Waals surface area contributed by atoms with Gasteiger partial charge in [0.2, 0.25) is 5.75 Å². The number of hydrogen-bond acceptors (Lipinski definition) is 9. The molecule has 0 bridgehead atoms. The first kappa shape index (κ1) is 25.1. The molecule has 0 aliphatic heterocycles. The number of carbonyl (C=O) groups is 2. The van der Waals surface area contributed by atoms with Crippen molar-refractivity contribution in [3.63, 3.8) is 0 Å². The molecule has 3 aromatic rings. The first-order valence-corrected chi connectivity index (χ1v) is 11.6. The van der Waals surface area contributed by atoms with Gasteiger partial charge < -0.3 is 19.5 Å². The molecule has 0 radical (unpaired) electrons. The molecule has 10 heteroatoms. The second-order valence-corrected chi connectivity index (χ2v) is 9.27. The van der Waals surface area contributed by atoms with Gasteiger partial charge in [-0.3, -0.25) is 4.79 Å². The van der Waals surface area contributed by atoms with Crippen LogP contribution in [0.5, 0.6) is 11.5 Å². The van der Waals surface area contributed by atoms with E-state index in [4.69, 9.17) is 14.2 Å². The molecule has 1 amide bonds. The van der Waals surface area contributed by atoms with Gasteiger partial charge in [-0.15, -0.1) is 10.2 Å². The molecule has 0 aliphatic rings. The molecule has 1 atom stereocenters. The van der Waals surface area contributed by atoms with Crippen molar-refractivity contribution < 1.29 is 23.8 Å². The van der Waals surface area contributed by atoms with Crippen molar-refractivity contribution in [3.05, 3.63) is 52.3 Å². The van der Waals surface area contributed by atoms with Crippen LogP contribution in [0.25, 0.3) is 10.6 Å². The molecule has 34 heavy (non-hydrogen) atoms. The molecule has 1 N–H and O–H groups in total. The fraction of sp³-hybridized carbons (Fsp3) is 0.375. The highest BCUT2D eigenvalue weighted by molar-refractivity contribution is 7.14. The number of amides is 1. The summed E-state index contributed by atoms with van der Waals surface area (Å²) in [4.78, 5) is 29.2. The Labute approximate surface area is 202 Å². The van der Waals surface area contributed by atoms with E-state index in [0.717, 1.165) is 21.7 Å². The number of aromatic nitrogens is 3. The maximum absolute atomic E-state index is 13.0. The minimum absolute atomic E-state index is 0.105. The summed E-state index contributed by atoms with van der Waals surface area (Å²) in [6.07, 6.45) is 0.456. The maximum atomic E-state index is 13.0. The fourth-order valence-corrected chi connectivity index (χ4v) is 3.98. The van der Waals surface area contributed by atoms with Crippen molar-refractivity contribution in [1.29, 1.82) is 0 Å². The third-order valence-electron chi connectivity index (χ3n) is 4.65. The Balaban J connectivity index is 1.77. The Morgan fingerprint density at radius 3 is 2.44 bits per heavy atom. The van der Waals surface area contributed by atoms with E-state index in [-0.39, 0.29) is 29.7 Å². The van der Waals surface area contributed by atoms with Gasteiger partial charge in [0.25, 0.3) is 5.91 Å². The van der Waals surface area contributed by atoms with E-state index < -0.39 is 18.1 Å². The molecule has 0 saturated heterocycles. The van der Waals surface area contributed by atoms with Crippen molar-refractivity contribution in [3.8, 4) is 22.1 Å². The zero-order valence-corrected chi connectivity index (χ0v) is 20.9. The summed E-state index contributed by atoms with van der Waals surface area (Å²) in [6, 6.07) is 7.21. The smallest absolute Gasteiger partial charge is 0.493 e. The molecule has 0 saturated carbocycles. The largest absolute Gasteiger partial charge is 0.514 e. The normalized spacial score (nSPS) is 11.7. The van der Waals surface area contributed by atoms with E-state index >= 15 is 0 Å². The lowest BCUT2D eigenvalue weighted by Crippen LogP contribution is -2.28. The number of nitrogens with zero attached hydrogens (tertiary/aromatic N) is 3. The van der Waals surface area contributed by atoms with Gasteiger partial charge in [0.15, 0.2) is 11.4 Å². The second-order valence-electron chi connectivity index (χ2n) is 8.26. The molecular formula is C24H28N4O5S. The van der Waals surface area contributed by atoms with Crippen molar-refractivity contribution in [1.82, 2.24) is 20.5 Å². The number of carbonyl (C=O) groups excluding carboxylic acids is 2.